The zero-order valence-electron chi connectivity index (χ0n) is 13.2. The summed E-state index contributed by atoms with van der Waals surface area (Å²) in [6.07, 6.45) is 6.36. The lowest BCUT2D eigenvalue weighted by molar-refractivity contribution is 0.102. The van der Waals surface area contributed by atoms with Gasteiger partial charge in [-0.1, -0.05) is 0 Å². The van der Waals surface area contributed by atoms with E-state index in [2.05, 4.69) is 20.4 Å². The lowest BCUT2D eigenvalue weighted by Crippen LogP contribution is -2.15. The molecule has 3 heterocycles. The van der Waals surface area contributed by atoms with Crippen LogP contribution in [-0.4, -0.2) is 30.1 Å². The van der Waals surface area contributed by atoms with Crippen molar-refractivity contribution < 1.29 is 9.18 Å². The summed E-state index contributed by atoms with van der Waals surface area (Å²) in [6.45, 7) is 0. The summed E-state index contributed by atoms with van der Waals surface area (Å²) in [6, 6.07) is 7.67. The van der Waals surface area contributed by atoms with Crippen molar-refractivity contribution in [2.75, 3.05) is 5.32 Å². The minimum atomic E-state index is -0.347. The number of hydrogen-bond acceptors (Lipinski definition) is 4. The van der Waals surface area contributed by atoms with Crippen molar-refractivity contribution in [1.29, 1.82) is 0 Å². The maximum absolute atomic E-state index is 13.1. The molecule has 1 aromatic carbocycles. The fourth-order valence-electron chi connectivity index (χ4n) is 2.56. The van der Waals surface area contributed by atoms with Gasteiger partial charge in [0.15, 0.2) is 5.65 Å². The van der Waals surface area contributed by atoms with Crippen LogP contribution in [0.15, 0.2) is 55.2 Å². The van der Waals surface area contributed by atoms with Crippen LogP contribution in [0.3, 0.4) is 0 Å². The number of halogens is 1. The van der Waals surface area contributed by atoms with E-state index < -0.39 is 0 Å². The molecule has 0 saturated heterocycles. The molecular formula is C17H13FN6O. The van der Waals surface area contributed by atoms with Crippen molar-refractivity contribution >= 4 is 17.4 Å². The summed E-state index contributed by atoms with van der Waals surface area (Å²) in [4.78, 5) is 21.2. The number of amides is 1. The number of anilines is 1. The monoisotopic (exact) mass is 336 g/mol. The van der Waals surface area contributed by atoms with Crippen LogP contribution in [-0.2, 0) is 7.05 Å². The first-order chi connectivity index (χ1) is 12.1. The average molecular weight is 336 g/mol. The first kappa shape index (κ1) is 15.0. The molecule has 0 atom stereocenters. The highest BCUT2D eigenvalue weighted by atomic mass is 19.1. The zero-order chi connectivity index (χ0) is 17.4. The highest BCUT2D eigenvalue weighted by Gasteiger charge is 2.18. The van der Waals surface area contributed by atoms with Gasteiger partial charge < -0.3 is 9.88 Å². The number of imidazole rings is 1. The summed E-state index contributed by atoms with van der Waals surface area (Å²) >= 11 is 0. The summed E-state index contributed by atoms with van der Waals surface area (Å²) in [5, 5.41) is 6.95. The van der Waals surface area contributed by atoms with Crippen molar-refractivity contribution in [1.82, 2.24) is 24.1 Å². The van der Waals surface area contributed by atoms with Gasteiger partial charge in [-0.2, -0.15) is 5.10 Å². The van der Waals surface area contributed by atoms with Gasteiger partial charge >= 0.3 is 0 Å². The topological polar surface area (TPSA) is 77.1 Å². The van der Waals surface area contributed by atoms with E-state index in [4.69, 9.17) is 0 Å². The summed E-state index contributed by atoms with van der Waals surface area (Å²) in [5.41, 5.74) is 2.08. The van der Waals surface area contributed by atoms with E-state index in [0.717, 1.165) is 0 Å². The number of carbonyl (C=O) groups is 1. The second-order valence-electron chi connectivity index (χ2n) is 5.46. The number of hydrogen-bond donors (Lipinski definition) is 1. The SMILES string of the molecule is Cn1cnc(-c2ccc(F)cc2)c1NC(=O)c1cnn2cccnc12. The van der Waals surface area contributed by atoms with Crippen molar-refractivity contribution in [3.05, 3.63) is 66.6 Å². The van der Waals surface area contributed by atoms with Crippen molar-refractivity contribution in [2.45, 2.75) is 0 Å². The lowest BCUT2D eigenvalue weighted by Gasteiger charge is -2.08. The van der Waals surface area contributed by atoms with Gasteiger partial charge in [0, 0.05) is 25.0 Å². The number of nitrogens with one attached hydrogen (secondary N) is 1. The molecule has 7 nitrogen and oxygen atoms in total. The molecule has 0 aliphatic carbocycles. The minimum Gasteiger partial charge on any atom is -0.320 e. The van der Waals surface area contributed by atoms with Crippen molar-refractivity contribution in [2.24, 2.45) is 7.05 Å². The Bertz CT molecular complexity index is 1070. The van der Waals surface area contributed by atoms with E-state index in [9.17, 15) is 9.18 Å². The summed E-state index contributed by atoms with van der Waals surface area (Å²) < 4.78 is 16.4. The molecule has 25 heavy (non-hydrogen) atoms. The predicted molar refractivity (Wildman–Crippen MR) is 89.5 cm³/mol. The molecule has 1 N–H and O–H groups in total. The molecule has 0 aliphatic rings. The number of fused-ring (bicyclic) bond motifs is 1. The van der Waals surface area contributed by atoms with Crippen LogP contribution in [0.5, 0.6) is 0 Å². The fraction of sp³-hybridized carbons (Fsp3) is 0.0588. The van der Waals surface area contributed by atoms with Crippen LogP contribution in [0.25, 0.3) is 16.9 Å². The number of aryl methyl sites for hydroxylation is 1. The molecule has 0 spiro atoms. The van der Waals surface area contributed by atoms with E-state index in [0.29, 0.717) is 28.3 Å². The van der Waals surface area contributed by atoms with Crippen LogP contribution in [0.2, 0.25) is 0 Å². The van der Waals surface area contributed by atoms with Crippen molar-refractivity contribution in [3.8, 4) is 11.3 Å². The number of aromatic nitrogens is 5. The maximum Gasteiger partial charge on any atom is 0.262 e. The van der Waals surface area contributed by atoms with Gasteiger partial charge in [-0.15, -0.1) is 0 Å². The molecule has 124 valence electrons. The normalized spacial score (nSPS) is 11.0. The Balaban J connectivity index is 1.70. The third-order valence-corrected chi connectivity index (χ3v) is 3.81. The first-order valence-electron chi connectivity index (χ1n) is 7.50. The lowest BCUT2D eigenvalue weighted by atomic mass is 10.1. The van der Waals surface area contributed by atoms with Gasteiger partial charge in [-0.05, 0) is 30.3 Å². The molecule has 0 fully saturated rings. The van der Waals surface area contributed by atoms with Crippen LogP contribution in [0.4, 0.5) is 10.2 Å². The second kappa shape index (κ2) is 5.82. The maximum atomic E-state index is 13.1. The van der Waals surface area contributed by atoms with Gasteiger partial charge in [0.1, 0.15) is 22.9 Å². The molecule has 0 radical (unpaired) electrons. The number of benzene rings is 1. The van der Waals surface area contributed by atoms with E-state index >= 15 is 0 Å². The molecule has 0 bridgehead atoms. The smallest absolute Gasteiger partial charge is 0.262 e. The summed E-state index contributed by atoms with van der Waals surface area (Å²) in [5.74, 6) is -0.171. The summed E-state index contributed by atoms with van der Waals surface area (Å²) in [7, 11) is 1.77. The zero-order valence-corrected chi connectivity index (χ0v) is 13.2. The number of carbonyl (C=O) groups excluding carboxylic acids is 1. The Morgan fingerprint density at radius 2 is 2.00 bits per heavy atom. The Morgan fingerprint density at radius 1 is 1.20 bits per heavy atom. The molecule has 0 saturated carbocycles. The minimum absolute atomic E-state index is 0.331. The molecule has 0 unspecified atom stereocenters. The Labute approximate surface area is 141 Å². The van der Waals surface area contributed by atoms with Crippen molar-refractivity contribution in [3.63, 3.8) is 0 Å². The van der Waals surface area contributed by atoms with E-state index in [1.54, 1.807) is 48.5 Å². The van der Waals surface area contributed by atoms with Gasteiger partial charge in [-0.3, -0.25) is 4.79 Å². The van der Waals surface area contributed by atoms with Crippen LogP contribution < -0.4 is 5.32 Å². The molecule has 8 heteroatoms. The van der Waals surface area contributed by atoms with Gasteiger partial charge in [-0.25, -0.2) is 18.9 Å². The quantitative estimate of drug-likeness (QED) is 0.624. The van der Waals surface area contributed by atoms with Crippen LogP contribution >= 0.6 is 0 Å². The Kier molecular flexibility index (Phi) is 3.50. The average Bonchev–Trinajstić information content (AvgIpc) is 3.20. The molecule has 3 aromatic heterocycles. The highest BCUT2D eigenvalue weighted by Crippen LogP contribution is 2.26. The molecule has 4 aromatic rings. The second-order valence-corrected chi connectivity index (χ2v) is 5.46. The van der Waals surface area contributed by atoms with E-state index in [-0.39, 0.29) is 11.7 Å². The van der Waals surface area contributed by atoms with Crippen LogP contribution in [0, 0.1) is 5.82 Å². The predicted octanol–water partition coefficient (Wildman–Crippen LogP) is 2.52. The largest absolute Gasteiger partial charge is 0.320 e. The van der Waals surface area contributed by atoms with Gasteiger partial charge in [0.05, 0.1) is 12.5 Å². The Hall–Kier alpha value is -3.55. The third kappa shape index (κ3) is 2.63. The number of nitrogens with zero attached hydrogens (tertiary/aromatic N) is 5. The molecule has 4 rings (SSSR count). The third-order valence-electron chi connectivity index (χ3n) is 3.81. The van der Waals surface area contributed by atoms with E-state index in [1.165, 1.54) is 22.8 Å². The standard InChI is InChI=1S/C17H13FN6O/c1-23-10-20-14(11-3-5-12(18)6-4-11)16(23)22-17(25)13-9-21-24-8-2-7-19-15(13)24/h2-10H,1H3,(H,22,25). The number of rotatable bonds is 3. The molecule has 1 amide bonds. The van der Waals surface area contributed by atoms with Crippen LogP contribution in [0.1, 0.15) is 10.4 Å². The van der Waals surface area contributed by atoms with Gasteiger partial charge in [0.2, 0.25) is 0 Å². The first-order valence-corrected chi connectivity index (χ1v) is 7.50. The Morgan fingerprint density at radius 3 is 2.80 bits per heavy atom. The van der Waals surface area contributed by atoms with Gasteiger partial charge in [0.25, 0.3) is 5.91 Å². The van der Waals surface area contributed by atoms with E-state index in [1.807, 2.05) is 0 Å². The fourth-order valence-corrected chi connectivity index (χ4v) is 2.56. The molecule has 0 aliphatic heterocycles. The molecular weight excluding hydrogens is 323 g/mol. The highest BCUT2D eigenvalue weighted by molar-refractivity contribution is 6.08.